The normalized spacial score (nSPS) is 15.0. The topological polar surface area (TPSA) is 41.1 Å². The van der Waals surface area contributed by atoms with Gasteiger partial charge in [-0.2, -0.15) is 4.98 Å². The Bertz CT molecular complexity index is 666. The Hall–Kier alpha value is -1.81. The molecule has 1 aliphatic rings. The van der Waals surface area contributed by atoms with Gasteiger partial charge in [0.2, 0.25) is 5.95 Å². The first-order valence-electron chi connectivity index (χ1n) is 7.75. The van der Waals surface area contributed by atoms with Crippen molar-refractivity contribution in [3.05, 3.63) is 40.5 Å². The summed E-state index contributed by atoms with van der Waals surface area (Å²) in [5, 5.41) is 4.09. The average Bonchev–Trinajstić information content (AvgIpc) is 2.51. The van der Waals surface area contributed by atoms with E-state index in [1.54, 1.807) is 0 Å². The van der Waals surface area contributed by atoms with E-state index in [9.17, 15) is 0 Å². The number of hydrogen-bond acceptors (Lipinski definition) is 4. The van der Waals surface area contributed by atoms with Crippen molar-refractivity contribution in [3.63, 3.8) is 0 Å². The Morgan fingerprint density at radius 1 is 1.05 bits per heavy atom. The molecule has 1 aromatic heterocycles. The lowest BCUT2D eigenvalue weighted by Crippen LogP contribution is -2.31. The van der Waals surface area contributed by atoms with E-state index in [0.29, 0.717) is 0 Å². The minimum atomic E-state index is 0.757. The molecule has 22 heavy (non-hydrogen) atoms. The molecule has 116 valence electrons. The number of nitrogens with one attached hydrogen (secondary N) is 1. The molecule has 0 unspecified atom stereocenters. The van der Waals surface area contributed by atoms with Crippen LogP contribution >= 0.6 is 11.6 Å². The number of benzene rings is 1. The van der Waals surface area contributed by atoms with Gasteiger partial charge in [0, 0.05) is 35.6 Å². The van der Waals surface area contributed by atoms with Crippen LogP contribution in [-0.4, -0.2) is 23.1 Å². The largest absolute Gasteiger partial charge is 0.341 e. The molecule has 1 N–H and O–H groups in total. The van der Waals surface area contributed by atoms with Crippen molar-refractivity contribution in [1.29, 1.82) is 0 Å². The summed E-state index contributed by atoms with van der Waals surface area (Å²) in [5.41, 5.74) is 2.98. The number of aromatic nitrogens is 2. The molecule has 2 aromatic rings. The van der Waals surface area contributed by atoms with Crippen molar-refractivity contribution in [2.75, 3.05) is 23.3 Å². The summed E-state index contributed by atoms with van der Waals surface area (Å²) in [4.78, 5) is 11.5. The van der Waals surface area contributed by atoms with E-state index in [1.807, 2.05) is 38.1 Å². The van der Waals surface area contributed by atoms with Gasteiger partial charge in [0.1, 0.15) is 5.82 Å². The second-order valence-corrected chi connectivity index (χ2v) is 6.24. The van der Waals surface area contributed by atoms with Gasteiger partial charge >= 0.3 is 0 Å². The highest BCUT2D eigenvalue weighted by atomic mass is 35.5. The van der Waals surface area contributed by atoms with Crippen LogP contribution in [0, 0.1) is 13.8 Å². The highest BCUT2D eigenvalue weighted by Crippen LogP contribution is 2.24. The Morgan fingerprint density at radius 2 is 1.82 bits per heavy atom. The van der Waals surface area contributed by atoms with Gasteiger partial charge in [-0.25, -0.2) is 4.98 Å². The van der Waals surface area contributed by atoms with Crippen LogP contribution in [0.1, 0.15) is 30.5 Å². The zero-order valence-corrected chi connectivity index (χ0v) is 13.8. The molecule has 2 heterocycles. The predicted octanol–water partition coefficient (Wildman–Crippen LogP) is 4.48. The fourth-order valence-corrected chi connectivity index (χ4v) is 2.85. The van der Waals surface area contributed by atoms with Crippen molar-refractivity contribution >= 4 is 29.1 Å². The average molecular weight is 317 g/mol. The summed E-state index contributed by atoms with van der Waals surface area (Å²) in [6.45, 7) is 6.08. The summed E-state index contributed by atoms with van der Waals surface area (Å²) < 4.78 is 0. The van der Waals surface area contributed by atoms with Gasteiger partial charge in [-0.15, -0.1) is 0 Å². The van der Waals surface area contributed by atoms with E-state index in [4.69, 9.17) is 11.6 Å². The molecule has 0 spiro atoms. The lowest BCUT2D eigenvalue weighted by molar-refractivity contribution is 0.568. The zero-order valence-electron chi connectivity index (χ0n) is 13.1. The molecule has 0 aliphatic carbocycles. The van der Waals surface area contributed by atoms with Crippen molar-refractivity contribution in [2.24, 2.45) is 0 Å². The van der Waals surface area contributed by atoms with Gasteiger partial charge in [0.25, 0.3) is 0 Å². The van der Waals surface area contributed by atoms with Gasteiger partial charge in [0.05, 0.1) is 0 Å². The highest BCUT2D eigenvalue weighted by molar-refractivity contribution is 6.31. The molecule has 5 heteroatoms. The minimum absolute atomic E-state index is 0.757. The maximum atomic E-state index is 6.18. The van der Waals surface area contributed by atoms with Crippen molar-refractivity contribution < 1.29 is 0 Å². The molecule has 0 radical (unpaired) electrons. The van der Waals surface area contributed by atoms with Crippen LogP contribution in [0.2, 0.25) is 5.02 Å². The van der Waals surface area contributed by atoms with E-state index < -0.39 is 0 Å². The molecule has 0 saturated carbocycles. The lowest BCUT2D eigenvalue weighted by atomic mass is 10.1. The van der Waals surface area contributed by atoms with Crippen LogP contribution in [0.3, 0.4) is 0 Å². The number of halogens is 1. The summed E-state index contributed by atoms with van der Waals surface area (Å²) in [6.07, 6.45) is 3.73. The second kappa shape index (κ2) is 6.53. The number of anilines is 3. The zero-order chi connectivity index (χ0) is 15.5. The molecule has 1 aliphatic heterocycles. The maximum absolute atomic E-state index is 6.18. The smallest absolute Gasteiger partial charge is 0.227 e. The SMILES string of the molecule is Cc1cc(Nc2ccc(C)c(Cl)c2)nc(N2CCCCC2)n1. The van der Waals surface area contributed by atoms with Gasteiger partial charge in [-0.1, -0.05) is 17.7 Å². The Labute approximate surface area is 136 Å². The summed E-state index contributed by atoms with van der Waals surface area (Å²) >= 11 is 6.18. The highest BCUT2D eigenvalue weighted by Gasteiger charge is 2.14. The van der Waals surface area contributed by atoms with E-state index in [-0.39, 0.29) is 0 Å². The lowest BCUT2D eigenvalue weighted by Gasteiger charge is -2.27. The third kappa shape index (κ3) is 3.50. The minimum Gasteiger partial charge on any atom is -0.341 e. The van der Waals surface area contributed by atoms with Crippen LogP contribution in [0.25, 0.3) is 0 Å². The predicted molar refractivity (Wildman–Crippen MR) is 92.3 cm³/mol. The van der Waals surface area contributed by atoms with Gasteiger partial charge < -0.3 is 10.2 Å². The molecule has 1 saturated heterocycles. The molecule has 1 aromatic carbocycles. The first kappa shape index (κ1) is 15.1. The third-order valence-corrected chi connectivity index (χ3v) is 4.33. The Balaban J connectivity index is 1.83. The first-order chi connectivity index (χ1) is 10.6. The fraction of sp³-hybridized carbons (Fsp3) is 0.412. The Kier molecular flexibility index (Phi) is 4.48. The molecule has 0 atom stereocenters. The van der Waals surface area contributed by atoms with Crippen molar-refractivity contribution in [3.8, 4) is 0 Å². The van der Waals surface area contributed by atoms with Crippen LogP contribution in [0.15, 0.2) is 24.3 Å². The van der Waals surface area contributed by atoms with Crippen LogP contribution in [0.5, 0.6) is 0 Å². The van der Waals surface area contributed by atoms with Crippen molar-refractivity contribution in [2.45, 2.75) is 33.1 Å². The van der Waals surface area contributed by atoms with E-state index in [2.05, 4.69) is 20.2 Å². The number of piperidine rings is 1. The monoisotopic (exact) mass is 316 g/mol. The Morgan fingerprint density at radius 3 is 2.55 bits per heavy atom. The van der Waals surface area contributed by atoms with E-state index >= 15 is 0 Å². The fourth-order valence-electron chi connectivity index (χ4n) is 2.67. The van der Waals surface area contributed by atoms with Gasteiger partial charge in [-0.05, 0) is 50.8 Å². The molecular weight excluding hydrogens is 296 g/mol. The maximum Gasteiger partial charge on any atom is 0.227 e. The van der Waals surface area contributed by atoms with Gasteiger partial charge in [0.15, 0.2) is 0 Å². The summed E-state index contributed by atoms with van der Waals surface area (Å²) in [5.74, 6) is 1.63. The molecule has 0 bridgehead atoms. The van der Waals surface area contributed by atoms with Crippen LogP contribution in [0.4, 0.5) is 17.5 Å². The van der Waals surface area contributed by atoms with Crippen molar-refractivity contribution in [1.82, 2.24) is 9.97 Å². The molecular formula is C17H21ClN4. The standard InChI is InChI=1S/C17H21ClN4/c1-12-6-7-14(11-15(12)18)20-16-10-13(2)19-17(21-16)22-8-4-3-5-9-22/h6-7,10-11H,3-5,8-9H2,1-2H3,(H,19,20,21). The number of rotatable bonds is 3. The first-order valence-corrected chi connectivity index (χ1v) is 8.13. The third-order valence-electron chi connectivity index (χ3n) is 3.93. The van der Waals surface area contributed by atoms with E-state index in [1.165, 1.54) is 19.3 Å². The van der Waals surface area contributed by atoms with Gasteiger partial charge in [-0.3, -0.25) is 0 Å². The number of hydrogen-bond donors (Lipinski definition) is 1. The van der Waals surface area contributed by atoms with Crippen LogP contribution < -0.4 is 10.2 Å². The molecule has 3 rings (SSSR count). The van der Waals surface area contributed by atoms with Crippen LogP contribution in [-0.2, 0) is 0 Å². The quantitative estimate of drug-likeness (QED) is 0.906. The second-order valence-electron chi connectivity index (χ2n) is 5.83. The summed E-state index contributed by atoms with van der Waals surface area (Å²) in [6, 6.07) is 7.90. The van der Waals surface area contributed by atoms with E-state index in [0.717, 1.165) is 46.8 Å². The molecule has 1 fully saturated rings. The molecule has 4 nitrogen and oxygen atoms in total. The summed E-state index contributed by atoms with van der Waals surface area (Å²) in [7, 11) is 0. The number of nitrogens with zero attached hydrogens (tertiary/aromatic N) is 3. The number of aryl methyl sites for hydroxylation is 2. The molecule has 0 amide bonds.